The number of carbonyl (C=O) groups excluding carboxylic acids is 3. The van der Waals surface area contributed by atoms with Crippen LogP contribution in [0, 0.1) is 0 Å². The Morgan fingerprint density at radius 3 is 2.79 bits per heavy atom. The second-order valence-electron chi connectivity index (χ2n) is 7.54. The van der Waals surface area contributed by atoms with Crippen molar-refractivity contribution in [2.45, 2.75) is 51.6 Å². The number of carbonyl (C=O) groups is 3. The Kier molecular flexibility index (Phi) is 7.04. The topological polar surface area (TPSA) is 95.7 Å². The van der Waals surface area contributed by atoms with E-state index in [0.717, 1.165) is 43.6 Å². The first-order valence-electron chi connectivity index (χ1n) is 10.4. The summed E-state index contributed by atoms with van der Waals surface area (Å²) in [5.41, 5.74) is 8.34. The summed E-state index contributed by atoms with van der Waals surface area (Å²) >= 11 is 0. The van der Waals surface area contributed by atoms with Gasteiger partial charge in [0.15, 0.2) is 0 Å². The first-order chi connectivity index (χ1) is 14.1. The summed E-state index contributed by atoms with van der Waals surface area (Å²) in [6.07, 6.45) is 7.69. The number of nitrogens with zero attached hydrogens (tertiary/aromatic N) is 2. The molecule has 0 aliphatic carbocycles. The Bertz CT molecular complexity index is 805. The van der Waals surface area contributed by atoms with E-state index in [2.05, 4.69) is 22.4 Å². The SMILES string of the molecule is C/C=C/CCN(CCCCN)c1cccc2c1CN(C1CCC(=O)NC1=O)C2=O. The lowest BCUT2D eigenvalue weighted by atomic mass is 10.0. The number of amides is 3. The Morgan fingerprint density at radius 2 is 2.07 bits per heavy atom. The number of piperidine rings is 1. The summed E-state index contributed by atoms with van der Waals surface area (Å²) in [5.74, 6) is -0.783. The molecule has 1 saturated heterocycles. The quantitative estimate of drug-likeness (QED) is 0.377. The Hall–Kier alpha value is -2.67. The highest BCUT2D eigenvalue weighted by Crippen LogP contribution is 2.34. The first kappa shape index (κ1) is 21.0. The number of imide groups is 1. The van der Waals surface area contributed by atoms with E-state index in [0.29, 0.717) is 25.1 Å². The van der Waals surface area contributed by atoms with Crippen LogP contribution in [0.5, 0.6) is 0 Å². The van der Waals surface area contributed by atoms with Crippen molar-refractivity contribution in [3.8, 4) is 0 Å². The smallest absolute Gasteiger partial charge is 0.255 e. The van der Waals surface area contributed by atoms with E-state index in [1.807, 2.05) is 25.1 Å². The van der Waals surface area contributed by atoms with Crippen LogP contribution in [0.1, 0.15) is 54.9 Å². The second kappa shape index (κ2) is 9.69. The van der Waals surface area contributed by atoms with Crippen LogP contribution in [0.15, 0.2) is 30.4 Å². The van der Waals surface area contributed by atoms with Gasteiger partial charge in [-0.05, 0) is 51.3 Å². The van der Waals surface area contributed by atoms with Gasteiger partial charge in [-0.2, -0.15) is 0 Å². The summed E-state index contributed by atoms with van der Waals surface area (Å²) in [5, 5.41) is 2.36. The maximum atomic E-state index is 13.0. The van der Waals surface area contributed by atoms with E-state index in [9.17, 15) is 14.4 Å². The molecule has 1 aromatic rings. The third kappa shape index (κ3) is 4.67. The molecule has 0 spiro atoms. The predicted octanol–water partition coefficient (Wildman–Crippen LogP) is 1.96. The Labute approximate surface area is 171 Å². The average Bonchev–Trinajstić information content (AvgIpc) is 3.04. The number of hydrogen-bond acceptors (Lipinski definition) is 5. The molecule has 1 aromatic carbocycles. The van der Waals surface area contributed by atoms with Crippen molar-refractivity contribution in [2.75, 3.05) is 24.5 Å². The van der Waals surface area contributed by atoms with Gasteiger partial charge >= 0.3 is 0 Å². The van der Waals surface area contributed by atoms with Gasteiger partial charge < -0.3 is 15.5 Å². The molecule has 3 amide bonds. The Balaban J connectivity index is 1.84. The van der Waals surface area contributed by atoms with Crippen LogP contribution in [-0.2, 0) is 16.1 Å². The van der Waals surface area contributed by atoms with Gasteiger partial charge in [-0.25, -0.2) is 0 Å². The van der Waals surface area contributed by atoms with Crippen molar-refractivity contribution in [1.82, 2.24) is 10.2 Å². The molecular formula is C22H30N4O3. The fraction of sp³-hybridized carbons (Fsp3) is 0.500. The fourth-order valence-electron chi connectivity index (χ4n) is 4.06. The molecule has 3 N–H and O–H groups in total. The van der Waals surface area contributed by atoms with Crippen molar-refractivity contribution in [3.63, 3.8) is 0 Å². The number of rotatable bonds is 9. The van der Waals surface area contributed by atoms with Crippen LogP contribution in [0.2, 0.25) is 0 Å². The van der Waals surface area contributed by atoms with E-state index < -0.39 is 6.04 Å². The molecule has 156 valence electrons. The van der Waals surface area contributed by atoms with E-state index in [4.69, 9.17) is 5.73 Å². The fourth-order valence-corrected chi connectivity index (χ4v) is 4.06. The molecule has 7 heteroatoms. The van der Waals surface area contributed by atoms with Crippen molar-refractivity contribution >= 4 is 23.4 Å². The number of fused-ring (bicyclic) bond motifs is 1. The minimum atomic E-state index is -0.589. The zero-order valence-electron chi connectivity index (χ0n) is 17.0. The summed E-state index contributed by atoms with van der Waals surface area (Å²) in [4.78, 5) is 40.7. The van der Waals surface area contributed by atoms with Gasteiger partial charge in [0, 0.05) is 42.9 Å². The van der Waals surface area contributed by atoms with E-state index >= 15 is 0 Å². The van der Waals surface area contributed by atoms with Crippen molar-refractivity contribution in [3.05, 3.63) is 41.5 Å². The van der Waals surface area contributed by atoms with E-state index in [-0.39, 0.29) is 24.1 Å². The summed E-state index contributed by atoms with van der Waals surface area (Å²) in [6.45, 7) is 4.80. The molecule has 29 heavy (non-hydrogen) atoms. The maximum Gasteiger partial charge on any atom is 0.255 e. The highest BCUT2D eigenvalue weighted by molar-refractivity contribution is 6.06. The molecule has 2 aliphatic heterocycles. The lowest BCUT2D eigenvalue weighted by molar-refractivity contribution is -0.136. The van der Waals surface area contributed by atoms with E-state index in [1.54, 1.807) is 4.90 Å². The van der Waals surface area contributed by atoms with Crippen LogP contribution in [0.25, 0.3) is 0 Å². The van der Waals surface area contributed by atoms with Crippen LogP contribution in [-0.4, -0.2) is 48.3 Å². The van der Waals surface area contributed by atoms with Crippen LogP contribution < -0.4 is 16.0 Å². The van der Waals surface area contributed by atoms with Gasteiger partial charge in [-0.1, -0.05) is 18.2 Å². The number of anilines is 1. The predicted molar refractivity (Wildman–Crippen MR) is 112 cm³/mol. The van der Waals surface area contributed by atoms with Crippen molar-refractivity contribution < 1.29 is 14.4 Å². The molecule has 3 rings (SSSR count). The number of unbranched alkanes of at least 4 members (excludes halogenated alkanes) is 1. The van der Waals surface area contributed by atoms with Gasteiger partial charge in [-0.3, -0.25) is 19.7 Å². The molecule has 1 fully saturated rings. The minimum Gasteiger partial charge on any atom is -0.371 e. The molecule has 1 atom stereocenters. The number of nitrogens with one attached hydrogen (secondary N) is 1. The molecule has 2 heterocycles. The minimum absolute atomic E-state index is 0.133. The molecule has 2 aliphatic rings. The van der Waals surface area contributed by atoms with Gasteiger partial charge in [0.1, 0.15) is 6.04 Å². The van der Waals surface area contributed by atoms with Gasteiger partial charge in [0.2, 0.25) is 11.8 Å². The van der Waals surface area contributed by atoms with Gasteiger partial charge in [0.05, 0.1) is 0 Å². The summed E-state index contributed by atoms with van der Waals surface area (Å²) < 4.78 is 0. The highest BCUT2D eigenvalue weighted by atomic mass is 16.2. The lowest BCUT2D eigenvalue weighted by Crippen LogP contribution is -2.52. The summed E-state index contributed by atoms with van der Waals surface area (Å²) in [6, 6.07) is 5.20. The Morgan fingerprint density at radius 1 is 1.24 bits per heavy atom. The van der Waals surface area contributed by atoms with Gasteiger partial charge in [0.25, 0.3) is 5.91 Å². The molecule has 0 saturated carbocycles. The standard InChI is InChI=1S/C22H30N4O3/c1-2-3-5-13-25(14-6-4-12-23)18-9-7-8-16-17(18)15-26(22(16)29)19-10-11-20(27)24-21(19)28/h2-3,7-9,19H,4-6,10-15,23H2,1H3,(H,24,27,28)/b3-2+. The number of nitrogens with two attached hydrogens (primary N) is 1. The van der Waals surface area contributed by atoms with Crippen LogP contribution in [0.4, 0.5) is 5.69 Å². The second-order valence-corrected chi connectivity index (χ2v) is 7.54. The van der Waals surface area contributed by atoms with E-state index in [1.165, 1.54) is 0 Å². The number of hydrogen-bond donors (Lipinski definition) is 2. The lowest BCUT2D eigenvalue weighted by Gasteiger charge is -2.30. The monoisotopic (exact) mass is 398 g/mol. The normalized spacial score (nSPS) is 19.0. The largest absolute Gasteiger partial charge is 0.371 e. The van der Waals surface area contributed by atoms with Crippen LogP contribution in [0.3, 0.4) is 0 Å². The summed E-state index contributed by atoms with van der Waals surface area (Å²) in [7, 11) is 0. The zero-order valence-corrected chi connectivity index (χ0v) is 17.0. The maximum absolute atomic E-state index is 13.0. The molecule has 7 nitrogen and oxygen atoms in total. The third-order valence-corrected chi connectivity index (χ3v) is 5.58. The first-order valence-corrected chi connectivity index (χ1v) is 10.4. The number of benzene rings is 1. The van der Waals surface area contributed by atoms with Crippen molar-refractivity contribution in [1.29, 1.82) is 0 Å². The molecular weight excluding hydrogens is 368 g/mol. The third-order valence-electron chi connectivity index (χ3n) is 5.58. The molecule has 0 aromatic heterocycles. The molecule has 0 bridgehead atoms. The number of allylic oxidation sites excluding steroid dienone is 1. The molecule has 0 radical (unpaired) electrons. The molecule has 1 unspecified atom stereocenters. The average molecular weight is 399 g/mol. The highest BCUT2D eigenvalue weighted by Gasteiger charge is 2.40. The van der Waals surface area contributed by atoms with Crippen molar-refractivity contribution in [2.24, 2.45) is 5.73 Å². The van der Waals surface area contributed by atoms with Crippen LogP contribution >= 0.6 is 0 Å². The van der Waals surface area contributed by atoms with Gasteiger partial charge in [-0.15, -0.1) is 0 Å². The zero-order chi connectivity index (χ0) is 20.8.